The highest BCUT2D eigenvalue weighted by molar-refractivity contribution is 5.81. The number of fused-ring (bicyclic) bond motifs is 1. The molecule has 3 saturated heterocycles. The van der Waals surface area contributed by atoms with Crippen molar-refractivity contribution in [1.29, 1.82) is 0 Å². The molecule has 4 bridgehead atoms. The molecule has 3 heterocycles. The smallest absolute Gasteiger partial charge is 0.318 e. The number of hydrogen-bond acceptors (Lipinski definition) is 3. The molecule has 3 amide bonds. The first-order chi connectivity index (χ1) is 13.7. The van der Waals surface area contributed by atoms with Crippen LogP contribution in [-0.2, 0) is 4.79 Å². The number of nitrogens with zero attached hydrogens (tertiary/aromatic N) is 2. The normalized spacial score (nSPS) is 45.3. The first-order valence-corrected chi connectivity index (χ1v) is 11.8. The van der Waals surface area contributed by atoms with E-state index in [-0.39, 0.29) is 24.0 Å². The Hall–Kier alpha value is -1.30. The Labute approximate surface area is 167 Å². The summed E-state index contributed by atoms with van der Waals surface area (Å²) in [6.45, 7) is 3.56. The summed E-state index contributed by atoms with van der Waals surface area (Å²) in [5.74, 6) is 3.80. The lowest BCUT2D eigenvalue weighted by molar-refractivity contribution is -0.150. The molecule has 0 aromatic heterocycles. The van der Waals surface area contributed by atoms with Crippen molar-refractivity contribution < 1.29 is 9.59 Å². The fraction of sp³-hybridized carbons (Fsp3) is 0.909. The number of carbonyl (C=O) groups is 2. The van der Waals surface area contributed by atoms with Gasteiger partial charge in [-0.25, -0.2) is 4.79 Å². The second kappa shape index (κ2) is 6.61. The fourth-order valence-corrected chi connectivity index (χ4v) is 8.06. The van der Waals surface area contributed by atoms with E-state index in [1.54, 1.807) is 0 Å². The van der Waals surface area contributed by atoms with Gasteiger partial charge in [0.2, 0.25) is 5.91 Å². The van der Waals surface area contributed by atoms with Crippen LogP contribution in [-0.4, -0.2) is 66.0 Å². The summed E-state index contributed by atoms with van der Waals surface area (Å²) >= 11 is 0. The van der Waals surface area contributed by atoms with Crippen molar-refractivity contribution in [2.45, 2.75) is 69.5 Å². The minimum atomic E-state index is 0.103. The van der Waals surface area contributed by atoms with Gasteiger partial charge in [-0.2, -0.15) is 0 Å². The van der Waals surface area contributed by atoms with E-state index in [0.29, 0.717) is 23.8 Å². The van der Waals surface area contributed by atoms with Gasteiger partial charge in [0.05, 0.1) is 12.1 Å². The number of likely N-dealkylation sites (tertiary alicyclic amines) is 1. The van der Waals surface area contributed by atoms with Crippen molar-refractivity contribution >= 4 is 11.9 Å². The summed E-state index contributed by atoms with van der Waals surface area (Å²) in [5, 5.41) is 6.63. The van der Waals surface area contributed by atoms with Crippen molar-refractivity contribution in [2.75, 3.05) is 26.2 Å². The van der Waals surface area contributed by atoms with Crippen LogP contribution in [0.1, 0.15) is 51.4 Å². The van der Waals surface area contributed by atoms with E-state index in [2.05, 4.69) is 20.4 Å². The predicted octanol–water partition coefficient (Wildman–Crippen LogP) is 1.81. The zero-order chi connectivity index (χ0) is 18.8. The maximum Gasteiger partial charge on any atom is 0.318 e. The van der Waals surface area contributed by atoms with Crippen LogP contribution in [0, 0.1) is 29.6 Å². The van der Waals surface area contributed by atoms with Crippen LogP contribution in [0.2, 0.25) is 0 Å². The number of urea groups is 1. The zero-order valence-electron chi connectivity index (χ0n) is 16.8. The molecule has 0 aromatic carbocycles. The molecule has 154 valence electrons. The van der Waals surface area contributed by atoms with E-state index in [1.165, 1.54) is 32.1 Å². The average molecular weight is 387 g/mol. The number of hydrogen-bond donors (Lipinski definition) is 2. The highest BCUT2D eigenvalue weighted by Crippen LogP contribution is 2.57. The van der Waals surface area contributed by atoms with Gasteiger partial charge in [-0.15, -0.1) is 0 Å². The van der Waals surface area contributed by atoms with Crippen molar-refractivity contribution in [3.63, 3.8) is 0 Å². The van der Waals surface area contributed by atoms with E-state index >= 15 is 0 Å². The van der Waals surface area contributed by atoms with Crippen molar-refractivity contribution in [2.24, 2.45) is 29.6 Å². The minimum Gasteiger partial charge on any atom is -0.340 e. The first-order valence-electron chi connectivity index (χ1n) is 11.8. The van der Waals surface area contributed by atoms with Gasteiger partial charge in [0.1, 0.15) is 0 Å². The third-order valence-electron chi connectivity index (χ3n) is 9.00. The average Bonchev–Trinajstić information content (AvgIpc) is 3.02. The monoisotopic (exact) mass is 386 g/mol. The summed E-state index contributed by atoms with van der Waals surface area (Å²) in [6.07, 6.45) is 9.65. The molecule has 28 heavy (non-hydrogen) atoms. The molecule has 7 aliphatic rings. The molecular weight excluding hydrogens is 352 g/mol. The fourth-order valence-electron chi connectivity index (χ4n) is 8.06. The molecule has 4 aliphatic carbocycles. The Morgan fingerprint density at radius 1 is 0.929 bits per heavy atom. The summed E-state index contributed by atoms with van der Waals surface area (Å²) < 4.78 is 0. The lowest BCUT2D eigenvalue weighted by Crippen LogP contribution is -2.58. The van der Waals surface area contributed by atoms with E-state index in [4.69, 9.17) is 0 Å². The second-order valence-electron chi connectivity index (χ2n) is 10.5. The molecule has 0 spiro atoms. The van der Waals surface area contributed by atoms with Gasteiger partial charge in [0.25, 0.3) is 0 Å². The Morgan fingerprint density at radius 3 is 2.29 bits per heavy atom. The highest BCUT2D eigenvalue weighted by atomic mass is 16.2. The molecule has 6 heteroatoms. The van der Waals surface area contributed by atoms with E-state index in [0.717, 1.165) is 57.3 Å². The van der Waals surface area contributed by atoms with Gasteiger partial charge in [-0.1, -0.05) is 0 Å². The second-order valence-corrected chi connectivity index (χ2v) is 10.5. The van der Waals surface area contributed by atoms with Crippen LogP contribution in [0.4, 0.5) is 4.79 Å². The topological polar surface area (TPSA) is 64.7 Å². The lowest BCUT2D eigenvalue weighted by atomic mass is 9.51. The molecule has 2 atom stereocenters. The van der Waals surface area contributed by atoms with Crippen LogP contribution >= 0.6 is 0 Å². The summed E-state index contributed by atoms with van der Waals surface area (Å²) in [5.41, 5.74) is 0. The van der Waals surface area contributed by atoms with Gasteiger partial charge < -0.3 is 20.4 Å². The Bertz CT molecular complexity index is 633. The number of amides is 3. The Kier molecular flexibility index (Phi) is 4.14. The standard InChI is InChI=1S/C22H34N4O2/c27-21(20-15-8-13-7-14(10-15)11-16(20)9-13)25-6-3-19-18(12-25)24-22(28)26(19)17-1-4-23-5-2-17/h13-20,23H,1-12H2,(H,24,28). The van der Waals surface area contributed by atoms with Crippen molar-refractivity contribution in [3.05, 3.63) is 0 Å². The largest absolute Gasteiger partial charge is 0.340 e. The van der Waals surface area contributed by atoms with Gasteiger partial charge in [0, 0.05) is 25.0 Å². The molecule has 7 fully saturated rings. The molecule has 4 saturated carbocycles. The Morgan fingerprint density at radius 2 is 1.61 bits per heavy atom. The van der Waals surface area contributed by atoms with Crippen LogP contribution < -0.4 is 10.6 Å². The van der Waals surface area contributed by atoms with Crippen molar-refractivity contribution in [3.8, 4) is 0 Å². The van der Waals surface area contributed by atoms with Crippen LogP contribution in [0.15, 0.2) is 0 Å². The van der Waals surface area contributed by atoms with E-state index in [1.807, 2.05) is 0 Å². The molecule has 2 N–H and O–H groups in total. The summed E-state index contributed by atoms with van der Waals surface area (Å²) in [4.78, 5) is 30.5. The molecule has 0 radical (unpaired) electrons. The number of carbonyl (C=O) groups excluding carboxylic acids is 2. The number of rotatable bonds is 2. The van der Waals surface area contributed by atoms with E-state index < -0.39 is 0 Å². The van der Waals surface area contributed by atoms with Gasteiger partial charge in [0.15, 0.2) is 0 Å². The molecule has 7 rings (SSSR count). The molecule has 2 unspecified atom stereocenters. The third-order valence-corrected chi connectivity index (χ3v) is 9.00. The van der Waals surface area contributed by atoms with Gasteiger partial charge in [-0.05, 0) is 88.1 Å². The Balaban J connectivity index is 1.14. The zero-order valence-corrected chi connectivity index (χ0v) is 16.8. The molecule has 3 aliphatic heterocycles. The van der Waals surface area contributed by atoms with Gasteiger partial charge in [-0.3, -0.25) is 4.79 Å². The summed E-state index contributed by atoms with van der Waals surface area (Å²) in [6, 6.07) is 0.865. The van der Waals surface area contributed by atoms with Crippen molar-refractivity contribution in [1.82, 2.24) is 20.4 Å². The molecule has 0 aromatic rings. The minimum absolute atomic E-state index is 0.103. The third kappa shape index (κ3) is 2.70. The predicted molar refractivity (Wildman–Crippen MR) is 106 cm³/mol. The van der Waals surface area contributed by atoms with E-state index in [9.17, 15) is 9.59 Å². The van der Waals surface area contributed by atoms with Crippen LogP contribution in [0.25, 0.3) is 0 Å². The number of nitrogens with one attached hydrogen (secondary N) is 2. The maximum atomic E-state index is 13.5. The SMILES string of the molecule is O=C(C1C2CC3CC(C2)CC1C3)N1CCC2C(C1)NC(=O)N2C1CCNCC1. The maximum absolute atomic E-state index is 13.5. The number of piperidine rings is 2. The quantitative estimate of drug-likeness (QED) is 0.761. The molecular formula is C22H34N4O2. The highest BCUT2D eigenvalue weighted by Gasteiger charge is 2.53. The van der Waals surface area contributed by atoms with Crippen LogP contribution in [0.3, 0.4) is 0 Å². The molecule has 6 nitrogen and oxygen atoms in total. The van der Waals surface area contributed by atoms with Crippen LogP contribution in [0.5, 0.6) is 0 Å². The lowest BCUT2D eigenvalue weighted by Gasteiger charge is -2.54. The summed E-state index contributed by atoms with van der Waals surface area (Å²) in [7, 11) is 0. The van der Waals surface area contributed by atoms with Gasteiger partial charge >= 0.3 is 6.03 Å². The first kappa shape index (κ1) is 17.5.